The van der Waals surface area contributed by atoms with Crippen molar-refractivity contribution in [1.29, 1.82) is 0 Å². The Kier molecular flexibility index (Phi) is 4.43. The molecule has 1 fully saturated rings. The molecule has 14 heavy (non-hydrogen) atoms. The first kappa shape index (κ1) is 11.5. The highest BCUT2D eigenvalue weighted by atomic mass is 16.1. The lowest BCUT2D eigenvalue weighted by Gasteiger charge is -2.12. The van der Waals surface area contributed by atoms with E-state index in [1.54, 1.807) is 0 Å². The van der Waals surface area contributed by atoms with E-state index in [0.717, 1.165) is 12.3 Å². The predicted molar refractivity (Wildman–Crippen MR) is 59.0 cm³/mol. The van der Waals surface area contributed by atoms with Gasteiger partial charge in [-0.05, 0) is 37.5 Å². The van der Waals surface area contributed by atoms with Crippen LogP contribution in [0.3, 0.4) is 0 Å². The number of hydrogen-bond acceptors (Lipinski definition) is 1. The van der Waals surface area contributed by atoms with Gasteiger partial charge in [-0.3, -0.25) is 4.79 Å². The quantitative estimate of drug-likeness (QED) is 0.737. The zero-order valence-electron chi connectivity index (χ0n) is 9.68. The number of rotatable bonds is 4. The van der Waals surface area contributed by atoms with Crippen molar-refractivity contribution < 1.29 is 4.79 Å². The molecule has 0 saturated heterocycles. The van der Waals surface area contributed by atoms with Gasteiger partial charge in [-0.15, -0.1) is 0 Å². The van der Waals surface area contributed by atoms with E-state index in [1.165, 1.54) is 19.3 Å². The van der Waals surface area contributed by atoms with E-state index in [4.69, 9.17) is 0 Å². The van der Waals surface area contributed by atoms with Crippen LogP contribution in [0.25, 0.3) is 0 Å². The summed E-state index contributed by atoms with van der Waals surface area (Å²) in [7, 11) is 0. The summed E-state index contributed by atoms with van der Waals surface area (Å²) in [4.78, 5) is 11.5. The average Bonchev–Trinajstić information content (AvgIpc) is 2.48. The number of carbonyl (C=O) groups excluding carboxylic acids is 1. The molecule has 2 unspecified atom stereocenters. The fraction of sp³-hybridized carbons (Fsp3) is 0.917. The maximum absolute atomic E-state index is 11.5. The molecular formula is C12H23NO. The molecule has 1 N–H and O–H groups in total. The van der Waals surface area contributed by atoms with Crippen LogP contribution in [0, 0.1) is 11.8 Å². The average molecular weight is 197 g/mol. The molecule has 0 aliphatic heterocycles. The van der Waals surface area contributed by atoms with Crippen molar-refractivity contribution in [2.45, 2.75) is 58.9 Å². The lowest BCUT2D eigenvalue weighted by molar-refractivity contribution is -0.122. The fourth-order valence-corrected chi connectivity index (χ4v) is 2.06. The van der Waals surface area contributed by atoms with Crippen LogP contribution in [0.2, 0.25) is 0 Å². The van der Waals surface area contributed by atoms with Gasteiger partial charge < -0.3 is 5.32 Å². The molecular weight excluding hydrogens is 174 g/mol. The van der Waals surface area contributed by atoms with Crippen LogP contribution in [0.5, 0.6) is 0 Å². The molecule has 1 saturated carbocycles. The molecule has 1 amide bonds. The highest BCUT2D eigenvalue weighted by Gasteiger charge is 2.22. The molecule has 0 radical (unpaired) electrons. The van der Waals surface area contributed by atoms with Crippen molar-refractivity contribution in [2.24, 2.45) is 11.8 Å². The zero-order valence-corrected chi connectivity index (χ0v) is 9.68. The Morgan fingerprint density at radius 2 is 2.14 bits per heavy atom. The summed E-state index contributed by atoms with van der Waals surface area (Å²) in [6.07, 6.45) is 5.33. The molecule has 0 aromatic heterocycles. The van der Waals surface area contributed by atoms with E-state index >= 15 is 0 Å². The molecule has 2 heteroatoms. The highest BCUT2D eigenvalue weighted by Crippen LogP contribution is 2.24. The van der Waals surface area contributed by atoms with Crippen LogP contribution in [0.15, 0.2) is 0 Å². The molecule has 0 spiro atoms. The van der Waals surface area contributed by atoms with E-state index in [-0.39, 0.29) is 5.91 Å². The van der Waals surface area contributed by atoms with Gasteiger partial charge in [-0.2, -0.15) is 0 Å². The molecule has 82 valence electrons. The molecule has 0 aromatic rings. The van der Waals surface area contributed by atoms with Crippen LogP contribution in [-0.2, 0) is 4.79 Å². The molecule has 1 rings (SSSR count). The first-order valence-corrected chi connectivity index (χ1v) is 5.87. The van der Waals surface area contributed by atoms with Gasteiger partial charge in [-0.1, -0.05) is 20.8 Å². The summed E-state index contributed by atoms with van der Waals surface area (Å²) in [6.45, 7) is 6.58. The Balaban J connectivity index is 2.14. The minimum absolute atomic E-state index is 0.248. The summed E-state index contributed by atoms with van der Waals surface area (Å²) in [6, 6.07) is 0.463. The summed E-state index contributed by atoms with van der Waals surface area (Å²) in [5.41, 5.74) is 0. The first-order valence-electron chi connectivity index (χ1n) is 5.87. The van der Waals surface area contributed by atoms with Gasteiger partial charge in [0.15, 0.2) is 0 Å². The van der Waals surface area contributed by atoms with Crippen molar-refractivity contribution in [3.05, 3.63) is 0 Å². The van der Waals surface area contributed by atoms with Crippen LogP contribution < -0.4 is 5.32 Å². The Morgan fingerprint density at radius 1 is 1.43 bits per heavy atom. The minimum atomic E-state index is 0.248. The molecule has 0 heterocycles. The van der Waals surface area contributed by atoms with Crippen molar-refractivity contribution in [3.63, 3.8) is 0 Å². The minimum Gasteiger partial charge on any atom is -0.353 e. The van der Waals surface area contributed by atoms with Crippen molar-refractivity contribution >= 4 is 5.91 Å². The van der Waals surface area contributed by atoms with Gasteiger partial charge in [0, 0.05) is 12.5 Å². The van der Waals surface area contributed by atoms with E-state index in [0.29, 0.717) is 18.4 Å². The smallest absolute Gasteiger partial charge is 0.220 e. The van der Waals surface area contributed by atoms with Gasteiger partial charge in [0.05, 0.1) is 0 Å². The Morgan fingerprint density at radius 3 is 2.64 bits per heavy atom. The second-order valence-electron chi connectivity index (χ2n) is 5.12. The first-order chi connectivity index (χ1) is 6.58. The maximum atomic E-state index is 11.5. The van der Waals surface area contributed by atoms with Crippen molar-refractivity contribution in [3.8, 4) is 0 Å². The summed E-state index contributed by atoms with van der Waals surface area (Å²) in [5, 5.41) is 3.13. The number of carbonyl (C=O) groups is 1. The second-order valence-corrected chi connectivity index (χ2v) is 5.12. The highest BCUT2D eigenvalue weighted by molar-refractivity contribution is 5.76. The van der Waals surface area contributed by atoms with Crippen LogP contribution >= 0.6 is 0 Å². The number of amides is 1. The SMILES string of the molecule is CC(C)CCC(=O)NC1CCC(C)C1. The van der Waals surface area contributed by atoms with Gasteiger partial charge in [0.2, 0.25) is 5.91 Å². The topological polar surface area (TPSA) is 29.1 Å². The van der Waals surface area contributed by atoms with E-state index in [9.17, 15) is 4.79 Å². The Hall–Kier alpha value is -0.530. The number of nitrogens with one attached hydrogen (secondary N) is 1. The molecule has 2 nitrogen and oxygen atoms in total. The third kappa shape index (κ3) is 4.12. The van der Waals surface area contributed by atoms with Gasteiger partial charge >= 0.3 is 0 Å². The van der Waals surface area contributed by atoms with E-state index in [2.05, 4.69) is 26.1 Å². The second kappa shape index (κ2) is 5.38. The van der Waals surface area contributed by atoms with Crippen molar-refractivity contribution in [2.75, 3.05) is 0 Å². The Bertz CT molecular complexity index is 189. The Labute approximate surface area is 87.5 Å². The monoisotopic (exact) mass is 197 g/mol. The largest absolute Gasteiger partial charge is 0.353 e. The van der Waals surface area contributed by atoms with Crippen LogP contribution in [-0.4, -0.2) is 11.9 Å². The third-order valence-corrected chi connectivity index (χ3v) is 3.01. The lowest BCUT2D eigenvalue weighted by atomic mass is 10.1. The van der Waals surface area contributed by atoms with E-state index in [1.807, 2.05) is 0 Å². The molecule has 2 atom stereocenters. The fourth-order valence-electron chi connectivity index (χ4n) is 2.06. The standard InChI is InChI=1S/C12H23NO/c1-9(2)4-7-12(14)13-11-6-5-10(3)8-11/h9-11H,4-8H2,1-3H3,(H,13,14). The van der Waals surface area contributed by atoms with Gasteiger partial charge in [0.1, 0.15) is 0 Å². The normalized spacial score (nSPS) is 26.9. The molecule has 1 aliphatic rings. The van der Waals surface area contributed by atoms with Gasteiger partial charge in [-0.25, -0.2) is 0 Å². The van der Waals surface area contributed by atoms with Crippen LogP contribution in [0.4, 0.5) is 0 Å². The lowest BCUT2D eigenvalue weighted by Crippen LogP contribution is -2.32. The molecule has 0 bridgehead atoms. The summed E-state index contributed by atoms with van der Waals surface area (Å²) < 4.78 is 0. The summed E-state index contributed by atoms with van der Waals surface area (Å²) in [5.74, 6) is 1.67. The van der Waals surface area contributed by atoms with E-state index < -0.39 is 0 Å². The van der Waals surface area contributed by atoms with Crippen LogP contribution in [0.1, 0.15) is 52.9 Å². The maximum Gasteiger partial charge on any atom is 0.220 e. The predicted octanol–water partition coefficient (Wildman–Crippen LogP) is 2.73. The number of hydrogen-bond donors (Lipinski definition) is 1. The third-order valence-electron chi connectivity index (χ3n) is 3.01. The molecule has 1 aliphatic carbocycles. The molecule has 0 aromatic carbocycles. The zero-order chi connectivity index (χ0) is 10.6. The summed E-state index contributed by atoms with van der Waals surface area (Å²) >= 11 is 0. The van der Waals surface area contributed by atoms with Crippen molar-refractivity contribution in [1.82, 2.24) is 5.32 Å². The van der Waals surface area contributed by atoms with Gasteiger partial charge in [0.25, 0.3) is 0 Å².